The van der Waals surface area contributed by atoms with E-state index in [4.69, 9.17) is 5.73 Å². The number of nitrogens with two attached hydrogens (primary N) is 1. The van der Waals surface area contributed by atoms with Crippen LogP contribution in [0.15, 0.2) is 30.3 Å². The number of primary amides is 1. The molecule has 0 spiro atoms. The van der Waals surface area contributed by atoms with Gasteiger partial charge in [0.1, 0.15) is 0 Å². The van der Waals surface area contributed by atoms with Gasteiger partial charge in [0.05, 0.1) is 12.1 Å². The summed E-state index contributed by atoms with van der Waals surface area (Å²) < 4.78 is 0. The Kier molecular flexibility index (Phi) is 5.44. The van der Waals surface area contributed by atoms with E-state index >= 15 is 0 Å². The fourth-order valence-corrected chi connectivity index (χ4v) is 3.75. The minimum absolute atomic E-state index is 0.0167. The van der Waals surface area contributed by atoms with E-state index in [1.807, 2.05) is 42.2 Å². The molecule has 1 aromatic carbocycles. The third-order valence-corrected chi connectivity index (χ3v) is 5.42. The van der Waals surface area contributed by atoms with Crippen LogP contribution in [0.4, 0.5) is 4.79 Å². The highest BCUT2D eigenvalue weighted by atomic mass is 16.2. The summed E-state index contributed by atoms with van der Waals surface area (Å²) in [6.45, 7) is 3.55. The summed E-state index contributed by atoms with van der Waals surface area (Å²) in [6, 6.07) is 9.51. The predicted molar refractivity (Wildman–Crippen MR) is 97.0 cm³/mol. The summed E-state index contributed by atoms with van der Waals surface area (Å²) in [7, 11) is 0. The zero-order chi connectivity index (χ0) is 18.7. The first kappa shape index (κ1) is 18.2. The highest BCUT2D eigenvalue weighted by Crippen LogP contribution is 2.26. The second-order valence-corrected chi connectivity index (χ2v) is 7.15. The van der Waals surface area contributed by atoms with Crippen molar-refractivity contribution in [3.05, 3.63) is 35.9 Å². The Labute approximate surface area is 153 Å². The number of carbonyl (C=O) groups is 3. The Morgan fingerprint density at radius 2 is 1.85 bits per heavy atom. The summed E-state index contributed by atoms with van der Waals surface area (Å²) >= 11 is 0. The van der Waals surface area contributed by atoms with E-state index in [2.05, 4.69) is 5.32 Å². The van der Waals surface area contributed by atoms with E-state index in [1.54, 1.807) is 4.90 Å². The van der Waals surface area contributed by atoms with Crippen LogP contribution >= 0.6 is 0 Å². The van der Waals surface area contributed by atoms with Crippen molar-refractivity contribution < 1.29 is 14.4 Å². The summed E-state index contributed by atoms with van der Waals surface area (Å²) in [4.78, 5) is 39.6. The summed E-state index contributed by atoms with van der Waals surface area (Å²) in [5.41, 5.74) is 6.41. The number of amides is 4. The van der Waals surface area contributed by atoms with Crippen LogP contribution in [0.1, 0.15) is 37.8 Å². The molecule has 0 bridgehead atoms. The van der Waals surface area contributed by atoms with Crippen molar-refractivity contribution in [3.8, 4) is 0 Å². The number of benzene rings is 1. The molecular weight excluding hydrogens is 332 g/mol. The molecule has 4 amide bonds. The normalized spacial score (nSPS) is 22.3. The lowest BCUT2D eigenvalue weighted by Gasteiger charge is -2.31. The van der Waals surface area contributed by atoms with Gasteiger partial charge >= 0.3 is 6.03 Å². The molecule has 7 nitrogen and oxygen atoms in total. The summed E-state index contributed by atoms with van der Waals surface area (Å²) in [6.07, 6.45) is 1.52. The average molecular weight is 358 g/mol. The molecule has 3 N–H and O–H groups in total. The molecule has 140 valence electrons. The molecule has 2 saturated heterocycles. The highest BCUT2D eigenvalue weighted by Gasteiger charge is 2.35. The Morgan fingerprint density at radius 1 is 1.19 bits per heavy atom. The monoisotopic (exact) mass is 358 g/mol. The number of piperidine rings is 1. The van der Waals surface area contributed by atoms with Crippen LogP contribution in [0, 0.1) is 5.92 Å². The third-order valence-electron chi connectivity index (χ3n) is 5.42. The molecular formula is C19H26N4O3. The van der Waals surface area contributed by atoms with Gasteiger partial charge in [0, 0.05) is 32.0 Å². The van der Waals surface area contributed by atoms with Gasteiger partial charge in [-0.25, -0.2) is 4.79 Å². The Bertz CT molecular complexity index is 671. The minimum Gasteiger partial charge on any atom is -0.369 e. The number of hydrogen-bond donors (Lipinski definition) is 2. The van der Waals surface area contributed by atoms with Gasteiger partial charge in [-0.3, -0.25) is 9.59 Å². The average Bonchev–Trinajstić information content (AvgIpc) is 3.02. The van der Waals surface area contributed by atoms with Crippen LogP contribution in [0.25, 0.3) is 0 Å². The number of nitrogens with zero attached hydrogens (tertiary/aromatic N) is 2. The minimum atomic E-state index is -0.294. The van der Waals surface area contributed by atoms with E-state index in [0.717, 1.165) is 5.56 Å². The molecule has 2 aliphatic rings. The molecule has 2 unspecified atom stereocenters. The second-order valence-electron chi connectivity index (χ2n) is 7.15. The van der Waals surface area contributed by atoms with Crippen molar-refractivity contribution in [1.82, 2.24) is 15.1 Å². The van der Waals surface area contributed by atoms with E-state index < -0.39 is 0 Å². The van der Waals surface area contributed by atoms with Crippen LogP contribution in [0.2, 0.25) is 0 Å². The number of hydrogen-bond acceptors (Lipinski definition) is 3. The van der Waals surface area contributed by atoms with Gasteiger partial charge < -0.3 is 20.9 Å². The molecule has 2 atom stereocenters. The zero-order valence-corrected chi connectivity index (χ0v) is 15.1. The van der Waals surface area contributed by atoms with Gasteiger partial charge in [-0.2, -0.15) is 0 Å². The first-order valence-electron chi connectivity index (χ1n) is 9.15. The summed E-state index contributed by atoms with van der Waals surface area (Å²) in [5, 5.41) is 2.97. The smallest absolute Gasteiger partial charge is 0.317 e. The van der Waals surface area contributed by atoms with Gasteiger partial charge in [-0.05, 0) is 25.3 Å². The molecule has 0 radical (unpaired) electrons. The molecule has 2 heterocycles. The van der Waals surface area contributed by atoms with Crippen molar-refractivity contribution in [2.75, 3.05) is 19.6 Å². The molecule has 3 rings (SSSR count). The zero-order valence-electron chi connectivity index (χ0n) is 15.1. The molecule has 26 heavy (non-hydrogen) atoms. The van der Waals surface area contributed by atoms with Crippen molar-refractivity contribution in [2.24, 2.45) is 11.7 Å². The number of likely N-dealkylation sites (tertiary alicyclic amines) is 2. The molecule has 2 aliphatic heterocycles. The number of carbonyl (C=O) groups excluding carboxylic acids is 3. The lowest BCUT2D eigenvalue weighted by molar-refractivity contribution is -0.129. The van der Waals surface area contributed by atoms with E-state index in [0.29, 0.717) is 38.9 Å². The fraction of sp³-hybridized carbons (Fsp3) is 0.526. The van der Waals surface area contributed by atoms with Gasteiger partial charge in [0.25, 0.3) is 0 Å². The molecule has 0 saturated carbocycles. The van der Waals surface area contributed by atoms with Crippen molar-refractivity contribution in [1.29, 1.82) is 0 Å². The van der Waals surface area contributed by atoms with Crippen molar-refractivity contribution in [2.45, 2.75) is 38.3 Å². The first-order chi connectivity index (χ1) is 12.5. The number of rotatable bonds is 4. The number of nitrogens with one attached hydrogen (secondary N) is 1. The Hall–Kier alpha value is -2.57. The second kappa shape index (κ2) is 7.76. The standard InChI is InChI=1S/C19H26N4O3/c1-13(14-5-3-2-4-6-14)23-12-16(11-17(23)24)21-19(26)22-9-7-15(8-10-22)18(20)25/h2-6,13,15-16H,7-12H2,1H3,(H2,20,25)(H,21,26). The molecule has 7 heteroatoms. The van der Waals surface area contributed by atoms with Crippen LogP contribution in [0.5, 0.6) is 0 Å². The SMILES string of the molecule is CC(c1ccccc1)N1CC(NC(=O)N2CCC(C(N)=O)CC2)CC1=O. The van der Waals surface area contributed by atoms with Crippen LogP contribution in [-0.2, 0) is 9.59 Å². The molecule has 0 aromatic heterocycles. The topological polar surface area (TPSA) is 95.7 Å². The maximum absolute atomic E-state index is 12.5. The van der Waals surface area contributed by atoms with E-state index in [9.17, 15) is 14.4 Å². The van der Waals surface area contributed by atoms with Gasteiger partial charge in [0.2, 0.25) is 11.8 Å². The van der Waals surface area contributed by atoms with Gasteiger partial charge in [-0.1, -0.05) is 30.3 Å². The molecule has 1 aromatic rings. The van der Waals surface area contributed by atoms with E-state index in [-0.39, 0.29) is 35.8 Å². The maximum atomic E-state index is 12.5. The molecule has 2 fully saturated rings. The van der Waals surface area contributed by atoms with Crippen molar-refractivity contribution in [3.63, 3.8) is 0 Å². The lowest BCUT2D eigenvalue weighted by Crippen LogP contribution is -2.49. The Morgan fingerprint density at radius 3 is 2.46 bits per heavy atom. The van der Waals surface area contributed by atoms with Gasteiger partial charge in [-0.15, -0.1) is 0 Å². The lowest BCUT2D eigenvalue weighted by atomic mass is 9.96. The highest BCUT2D eigenvalue weighted by molar-refractivity contribution is 5.82. The molecule has 0 aliphatic carbocycles. The maximum Gasteiger partial charge on any atom is 0.317 e. The van der Waals surface area contributed by atoms with Crippen LogP contribution < -0.4 is 11.1 Å². The summed E-state index contributed by atoms with van der Waals surface area (Å²) in [5.74, 6) is -0.384. The number of urea groups is 1. The largest absolute Gasteiger partial charge is 0.369 e. The third kappa shape index (κ3) is 3.98. The van der Waals surface area contributed by atoms with Crippen molar-refractivity contribution >= 4 is 17.8 Å². The Balaban J connectivity index is 1.53. The van der Waals surface area contributed by atoms with Crippen LogP contribution in [-0.4, -0.2) is 53.3 Å². The van der Waals surface area contributed by atoms with Crippen LogP contribution in [0.3, 0.4) is 0 Å². The fourth-order valence-electron chi connectivity index (χ4n) is 3.75. The van der Waals surface area contributed by atoms with E-state index in [1.165, 1.54) is 0 Å². The predicted octanol–water partition coefficient (Wildman–Crippen LogP) is 1.26. The first-order valence-corrected chi connectivity index (χ1v) is 9.15. The van der Waals surface area contributed by atoms with Gasteiger partial charge in [0.15, 0.2) is 0 Å². The quantitative estimate of drug-likeness (QED) is 0.848.